The summed E-state index contributed by atoms with van der Waals surface area (Å²) in [6.07, 6.45) is 0.371. The van der Waals surface area contributed by atoms with Crippen LogP contribution in [-0.4, -0.2) is 17.9 Å². The molecule has 0 saturated heterocycles. The van der Waals surface area contributed by atoms with Gasteiger partial charge < -0.3 is 10.6 Å². The Kier molecular flexibility index (Phi) is 4.70. The number of carbonyl (C=O) groups is 1. The molecule has 2 aromatic rings. The number of carbonyl (C=O) groups excluding carboxylic acids is 1. The number of rotatable bonds is 4. The summed E-state index contributed by atoms with van der Waals surface area (Å²) in [5.41, 5.74) is 9.34. The highest BCUT2D eigenvalue weighted by Crippen LogP contribution is 2.16. The Morgan fingerprint density at radius 2 is 1.90 bits per heavy atom. The fraction of sp³-hybridized carbons (Fsp3) is 0.176. The molecule has 2 aromatic carbocycles. The molecule has 0 aliphatic rings. The second-order valence-corrected chi connectivity index (χ2v) is 5.47. The number of benzene rings is 2. The Morgan fingerprint density at radius 3 is 2.57 bits per heavy atom. The van der Waals surface area contributed by atoms with Gasteiger partial charge in [-0.2, -0.15) is 0 Å². The van der Waals surface area contributed by atoms with E-state index in [9.17, 15) is 4.79 Å². The molecule has 4 heteroatoms. The smallest absolute Gasteiger partial charge is 0.231 e. The van der Waals surface area contributed by atoms with E-state index in [-0.39, 0.29) is 5.91 Å². The van der Waals surface area contributed by atoms with E-state index in [4.69, 9.17) is 18.0 Å². The molecule has 0 aliphatic heterocycles. The quantitative estimate of drug-likeness (QED) is 0.883. The second-order valence-electron chi connectivity index (χ2n) is 5.03. The first-order chi connectivity index (χ1) is 9.97. The molecule has 0 radical (unpaired) electrons. The molecule has 0 aromatic heterocycles. The van der Waals surface area contributed by atoms with Crippen molar-refractivity contribution in [3.05, 3.63) is 65.2 Å². The molecule has 0 bridgehead atoms. The van der Waals surface area contributed by atoms with Crippen LogP contribution in [0.25, 0.3) is 0 Å². The first-order valence-electron chi connectivity index (χ1n) is 6.69. The zero-order valence-corrected chi connectivity index (χ0v) is 13.0. The third kappa shape index (κ3) is 3.89. The fourth-order valence-corrected chi connectivity index (χ4v) is 2.25. The maximum Gasteiger partial charge on any atom is 0.231 e. The summed E-state index contributed by atoms with van der Waals surface area (Å²) in [5, 5.41) is 0. The third-order valence-electron chi connectivity index (χ3n) is 3.33. The predicted molar refractivity (Wildman–Crippen MR) is 90.6 cm³/mol. The van der Waals surface area contributed by atoms with E-state index in [2.05, 4.69) is 0 Å². The lowest BCUT2D eigenvalue weighted by molar-refractivity contribution is -0.117. The van der Waals surface area contributed by atoms with Gasteiger partial charge in [-0.15, -0.1) is 0 Å². The van der Waals surface area contributed by atoms with Crippen LogP contribution in [0.2, 0.25) is 0 Å². The normalized spacial score (nSPS) is 10.2. The van der Waals surface area contributed by atoms with Crippen LogP contribution in [0.5, 0.6) is 0 Å². The number of anilines is 1. The summed E-state index contributed by atoms with van der Waals surface area (Å²) >= 11 is 4.97. The molecule has 0 heterocycles. The van der Waals surface area contributed by atoms with E-state index in [1.165, 1.54) is 0 Å². The summed E-state index contributed by atoms with van der Waals surface area (Å²) < 4.78 is 0. The monoisotopic (exact) mass is 298 g/mol. The largest absolute Gasteiger partial charge is 0.389 e. The minimum atomic E-state index is 0.0284. The van der Waals surface area contributed by atoms with Crippen molar-refractivity contribution in [1.82, 2.24) is 0 Å². The molecule has 1 amide bonds. The number of amides is 1. The molecular formula is C17H18N2OS. The molecule has 0 unspecified atom stereocenters. The Morgan fingerprint density at radius 1 is 1.19 bits per heavy atom. The highest BCUT2D eigenvalue weighted by Gasteiger charge is 2.12. The van der Waals surface area contributed by atoms with Crippen LogP contribution in [0.15, 0.2) is 48.5 Å². The lowest BCUT2D eigenvalue weighted by atomic mass is 10.1. The standard InChI is InChI=1S/C17H18N2OS/c1-12-5-3-6-13(9-12)10-16(20)19(2)15-8-4-7-14(11-15)17(18)21/h3-9,11H,10H2,1-2H3,(H2,18,21). The van der Waals surface area contributed by atoms with Crippen LogP contribution in [0.4, 0.5) is 5.69 Å². The Hall–Kier alpha value is -2.20. The van der Waals surface area contributed by atoms with Gasteiger partial charge in [-0.1, -0.05) is 54.2 Å². The number of hydrogen-bond acceptors (Lipinski definition) is 2. The van der Waals surface area contributed by atoms with Gasteiger partial charge in [-0.05, 0) is 24.6 Å². The number of thiocarbonyl (C=S) groups is 1. The SMILES string of the molecule is Cc1cccc(CC(=O)N(C)c2cccc(C(N)=S)c2)c1. The van der Waals surface area contributed by atoms with Crippen LogP contribution < -0.4 is 10.6 Å². The minimum absolute atomic E-state index is 0.0284. The van der Waals surface area contributed by atoms with Crippen molar-refractivity contribution in [1.29, 1.82) is 0 Å². The highest BCUT2D eigenvalue weighted by atomic mass is 32.1. The summed E-state index contributed by atoms with van der Waals surface area (Å²) in [6, 6.07) is 15.4. The fourth-order valence-electron chi connectivity index (χ4n) is 2.13. The van der Waals surface area contributed by atoms with Gasteiger partial charge in [0.15, 0.2) is 0 Å². The van der Waals surface area contributed by atoms with Crippen molar-refractivity contribution in [2.75, 3.05) is 11.9 Å². The molecule has 0 aliphatic carbocycles. The summed E-state index contributed by atoms with van der Waals surface area (Å²) in [4.78, 5) is 14.3. The molecule has 0 atom stereocenters. The first-order valence-corrected chi connectivity index (χ1v) is 7.10. The molecular weight excluding hydrogens is 280 g/mol. The van der Waals surface area contributed by atoms with Crippen molar-refractivity contribution in [3.63, 3.8) is 0 Å². The van der Waals surface area contributed by atoms with Gasteiger partial charge in [-0.3, -0.25) is 4.79 Å². The number of hydrogen-bond donors (Lipinski definition) is 1. The Labute approximate surface area is 130 Å². The molecule has 3 nitrogen and oxygen atoms in total. The Balaban J connectivity index is 2.15. The number of aryl methyl sites for hydroxylation is 1. The predicted octanol–water partition coefficient (Wildman–Crippen LogP) is 2.83. The van der Waals surface area contributed by atoms with Crippen LogP contribution in [0.3, 0.4) is 0 Å². The summed E-state index contributed by atoms with van der Waals surface area (Å²) in [7, 11) is 1.76. The number of nitrogens with zero attached hydrogens (tertiary/aromatic N) is 1. The van der Waals surface area contributed by atoms with E-state index in [1.54, 1.807) is 11.9 Å². The molecule has 0 saturated carbocycles. The third-order valence-corrected chi connectivity index (χ3v) is 3.57. The van der Waals surface area contributed by atoms with Crippen molar-refractivity contribution < 1.29 is 4.79 Å². The zero-order valence-electron chi connectivity index (χ0n) is 12.2. The van der Waals surface area contributed by atoms with Gasteiger partial charge in [0.2, 0.25) is 5.91 Å². The van der Waals surface area contributed by atoms with Gasteiger partial charge in [0.25, 0.3) is 0 Å². The van der Waals surface area contributed by atoms with Crippen molar-refractivity contribution >= 4 is 28.8 Å². The van der Waals surface area contributed by atoms with Crippen LogP contribution in [-0.2, 0) is 11.2 Å². The van der Waals surface area contributed by atoms with Crippen LogP contribution in [0.1, 0.15) is 16.7 Å². The van der Waals surface area contributed by atoms with Gasteiger partial charge in [0.1, 0.15) is 4.99 Å². The molecule has 108 valence electrons. The second kappa shape index (κ2) is 6.50. The zero-order chi connectivity index (χ0) is 15.4. The molecule has 0 fully saturated rings. The van der Waals surface area contributed by atoms with Crippen LogP contribution in [0, 0.1) is 6.92 Å². The van der Waals surface area contributed by atoms with E-state index >= 15 is 0 Å². The van der Waals surface area contributed by atoms with Gasteiger partial charge >= 0.3 is 0 Å². The van der Waals surface area contributed by atoms with Crippen molar-refractivity contribution in [2.45, 2.75) is 13.3 Å². The molecule has 0 spiro atoms. The van der Waals surface area contributed by atoms with Crippen molar-refractivity contribution in [3.8, 4) is 0 Å². The molecule has 2 N–H and O–H groups in total. The average molecular weight is 298 g/mol. The topological polar surface area (TPSA) is 46.3 Å². The highest BCUT2D eigenvalue weighted by molar-refractivity contribution is 7.80. The molecule has 21 heavy (non-hydrogen) atoms. The summed E-state index contributed by atoms with van der Waals surface area (Å²) in [5.74, 6) is 0.0284. The van der Waals surface area contributed by atoms with Crippen molar-refractivity contribution in [2.24, 2.45) is 5.73 Å². The Bertz CT molecular complexity index is 682. The average Bonchev–Trinajstić information content (AvgIpc) is 2.46. The lowest BCUT2D eigenvalue weighted by Crippen LogP contribution is -2.28. The summed E-state index contributed by atoms with van der Waals surface area (Å²) in [6.45, 7) is 2.02. The number of likely N-dealkylation sites (N-methyl/N-ethyl adjacent to an activating group) is 1. The maximum atomic E-state index is 12.4. The van der Waals surface area contributed by atoms with E-state index in [0.717, 1.165) is 22.4 Å². The maximum absolute atomic E-state index is 12.4. The van der Waals surface area contributed by atoms with Gasteiger partial charge in [-0.25, -0.2) is 0 Å². The minimum Gasteiger partial charge on any atom is -0.389 e. The number of nitrogens with two attached hydrogens (primary N) is 1. The van der Waals surface area contributed by atoms with Gasteiger partial charge in [0, 0.05) is 18.3 Å². The first kappa shape index (κ1) is 15.2. The van der Waals surface area contributed by atoms with E-state index in [1.807, 2.05) is 55.5 Å². The van der Waals surface area contributed by atoms with Gasteiger partial charge in [0.05, 0.1) is 6.42 Å². The lowest BCUT2D eigenvalue weighted by Gasteiger charge is -2.18. The van der Waals surface area contributed by atoms with E-state index in [0.29, 0.717) is 11.4 Å². The molecule has 2 rings (SSSR count). The van der Waals surface area contributed by atoms with E-state index < -0.39 is 0 Å². The van der Waals surface area contributed by atoms with Crippen LogP contribution >= 0.6 is 12.2 Å².